The third-order valence-corrected chi connectivity index (χ3v) is 1.65. The first-order chi connectivity index (χ1) is 4.36. The lowest BCUT2D eigenvalue weighted by Gasteiger charge is -2.19. The SMILES string of the molecule is Clc1ccc2c(c1)OC2. The summed E-state index contributed by atoms with van der Waals surface area (Å²) in [4.78, 5) is 0. The molecule has 0 fully saturated rings. The fraction of sp³-hybridized carbons (Fsp3) is 0.143. The molecule has 2 heteroatoms. The highest BCUT2D eigenvalue weighted by molar-refractivity contribution is 6.30. The highest BCUT2D eigenvalue weighted by Gasteiger charge is 2.12. The average molecular weight is 141 g/mol. The van der Waals surface area contributed by atoms with Crippen LogP contribution in [-0.2, 0) is 6.61 Å². The number of hydrogen-bond acceptors (Lipinski definition) is 1. The Morgan fingerprint density at radius 1 is 1.44 bits per heavy atom. The summed E-state index contributed by atoms with van der Waals surface area (Å²) in [6.45, 7) is 0.743. The van der Waals surface area contributed by atoms with Crippen molar-refractivity contribution in [2.45, 2.75) is 6.61 Å². The highest BCUT2D eigenvalue weighted by atomic mass is 35.5. The van der Waals surface area contributed by atoms with Crippen molar-refractivity contribution in [3.8, 4) is 5.75 Å². The highest BCUT2D eigenvalue weighted by Crippen LogP contribution is 2.31. The summed E-state index contributed by atoms with van der Waals surface area (Å²) >= 11 is 5.67. The monoisotopic (exact) mass is 140 g/mol. The van der Waals surface area contributed by atoms with Crippen LogP contribution in [0.3, 0.4) is 0 Å². The second kappa shape index (κ2) is 1.64. The first-order valence-corrected chi connectivity index (χ1v) is 3.15. The van der Waals surface area contributed by atoms with Gasteiger partial charge in [-0.3, -0.25) is 0 Å². The molecule has 0 bridgehead atoms. The van der Waals surface area contributed by atoms with Gasteiger partial charge in [-0.1, -0.05) is 17.7 Å². The van der Waals surface area contributed by atoms with Crippen molar-refractivity contribution in [1.82, 2.24) is 0 Å². The zero-order valence-electron chi connectivity index (χ0n) is 4.73. The van der Waals surface area contributed by atoms with E-state index in [1.165, 1.54) is 5.56 Å². The van der Waals surface area contributed by atoms with Gasteiger partial charge in [-0.05, 0) is 12.1 Å². The van der Waals surface area contributed by atoms with E-state index < -0.39 is 0 Å². The average Bonchev–Trinajstić information content (AvgIpc) is 1.78. The maximum Gasteiger partial charge on any atom is 0.127 e. The van der Waals surface area contributed by atoms with Crippen LogP contribution in [0.15, 0.2) is 18.2 Å². The van der Waals surface area contributed by atoms with E-state index in [0.29, 0.717) is 0 Å². The maximum atomic E-state index is 5.67. The molecule has 1 aliphatic rings. The number of fused-ring (bicyclic) bond motifs is 1. The van der Waals surface area contributed by atoms with Crippen molar-refractivity contribution in [2.75, 3.05) is 0 Å². The molecule has 1 aromatic rings. The van der Waals surface area contributed by atoms with Gasteiger partial charge in [0.1, 0.15) is 12.4 Å². The minimum atomic E-state index is 0.743. The Morgan fingerprint density at radius 2 is 2.33 bits per heavy atom. The summed E-state index contributed by atoms with van der Waals surface area (Å²) in [5.41, 5.74) is 1.25. The molecule has 9 heavy (non-hydrogen) atoms. The van der Waals surface area contributed by atoms with Gasteiger partial charge in [0.2, 0.25) is 0 Å². The molecule has 0 aromatic heterocycles. The summed E-state index contributed by atoms with van der Waals surface area (Å²) < 4.78 is 5.07. The Morgan fingerprint density at radius 3 is 2.78 bits per heavy atom. The van der Waals surface area contributed by atoms with Crippen LogP contribution in [0.4, 0.5) is 0 Å². The smallest absolute Gasteiger partial charge is 0.127 e. The molecule has 0 spiro atoms. The lowest BCUT2D eigenvalue weighted by molar-refractivity contribution is 0.243. The Labute approximate surface area is 58.2 Å². The standard InChI is InChI=1S/C7H5ClO/c8-6-2-1-5-4-9-7(5)3-6/h1-3H,4H2. The van der Waals surface area contributed by atoms with Crippen LogP contribution in [-0.4, -0.2) is 0 Å². The molecule has 2 rings (SSSR count). The molecule has 1 heterocycles. The molecule has 0 saturated heterocycles. The minimum Gasteiger partial charge on any atom is -0.488 e. The molecular formula is C7H5ClO. The van der Waals surface area contributed by atoms with Crippen LogP contribution >= 0.6 is 11.6 Å². The number of rotatable bonds is 0. The summed E-state index contributed by atoms with van der Waals surface area (Å²) in [6, 6.07) is 5.70. The van der Waals surface area contributed by atoms with E-state index in [0.717, 1.165) is 17.4 Å². The summed E-state index contributed by atoms with van der Waals surface area (Å²) in [6.07, 6.45) is 0. The first kappa shape index (κ1) is 5.12. The Bertz CT molecular complexity index is 245. The Balaban J connectivity index is 2.57. The van der Waals surface area contributed by atoms with Crippen molar-refractivity contribution < 1.29 is 4.74 Å². The molecule has 46 valence electrons. The molecule has 0 aliphatic carbocycles. The molecule has 0 saturated carbocycles. The van der Waals surface area contributed by atoms with E-state index in [2.05, 4.69) is 0 Å². The van der Waals surface area contributed by atoms with Crippen LogP contribution in [0, 0.1) is 0 Å². The predicted molar refractivity (Wildman–Crippen MR) is 35.8 cm³/mol. The number of hydrogen-bond donors (Lipinski definition) is 0. The quantitative estimate of drug-likeness (QED) is 0.537. The van der Waals surface area contributed by atoms with Crippen molar-refractivity contribution in [3.05, 3.63) is 28.8 Å². The van der Waals surface area contributed by atoms with E-state index in [1.54, 1.807) is 0 Å². The lowest BCUT2D eigenvalue weighted by atomic mass is 10.1. The topological polar surface area (TPSA) is 9.23 Å². The summed E-state index contributed by atoms with van der Waals surface area (Å²) in [5, 5.41) is 0.744. The van der Waals surface area contributed by atoms with Crippen molar-refractivity contribution in [2.24, 2.45) is 0 Å². The van der Waals surface area contributed by atoms with E-state index in [1.807, 2.05) is 18.2 Å². The van der Waals surface area contributed by atoms with Crippen molar-refractivity contribution in [3.63, 3.8) is 0 Å². The molecule has 1 aromatic carbocycles. The Kier molecular flexibility index (Phi) is 0.935. The molecule has 0 unspecified atom stereocenters. The normalized spacial score (nSPS) is 13.4. The Hall–Kier alpha value is -0.690. The van der Waals surface area contributed by atoms with Crippen LogP contribution in [0.25, 0.3) is 0 Å². The molecule has 0 amide bonds. The van der Waals surface area contributed by atoms with Crippen molar-refractivity contribution in [1.29, 1.82) is 0 Å². The van der Waals surface area contributed by atoms with Gasteiger partial charge in [0, 0.05) is 10.6 Å². The predicted octanol–water partition coefficient (Wildman–Crippen LogP) is 2.23. The van der Waals surface area contributed by atoms with Gasteiger partial charge in [-0.2, -0.15) is 0 Å². The van der Waals surface area contributed by atoms with Gasteiger partial charge in [-0.15, -0.1) is 0 Å². The van der Waals surface area contributed by atoms with Gasteiger partial charge >= 0.3 is 0 Å². The molecule has 0 N–H and O–H groups in total. The fourth-order valence-corrected chi connectivity index (χ4v) is 1.02. The molecule has 0 radical (unpaired) electrons. The summed E-state index contributed by atoms with van der Waals surface area (Å²) in [7, 11) is 0. The molecule has 1 aliphatic heterocycles. The molecular weight excluding hydrogens is 136 g/mol. The van der Waals surface area contributed by atoms with Gasteiger partial charge < -0.3 is 4.74 Å². The van der Waals surface area contributed by atoms with Crippen LogP contribution in [0.2, 0.25) is 5.02 Å². The van der Waals surface area contributed by atoms with Crippen molar-refractivity contribution >= 4 is 11.6 Å². The number of benzene rings is 1. The van der Waals surface area contributed by atoms with Gasteiger partial charge in [0.25, 0.3) is 0 Å². The van der Waals surface area contributed by atoms with Crippen LogP contribution in [0.5, 0.6) is 5.75 Å². The van der Waals surface area contributed by atoms with Crippen LogP contribution in [0.1, 0.15) is 5.56 Å². The number of halogens is 1. The van der Waals surface area contributed by atoms with Gasteiger partial charge in [0.15, 0.2) is 0 Å². The minimum absolute atomic E-state index is 0.743. The lowest BCUT2D eigenvalue weighted by Crippen LogP contribution is -2.08. The maximum absolute atomic E-state index is 5.67. The molecule has 0 atom stereocenters. The van der Waals surface area contributed by atoms with Gasteiger partial charge in [0.05, 0.1) is 0 Å². The second-order valence-corrected chi connectivity index (χ2v) is 2.48. The van der Waals surface area contributed by atoms with E-state index in [4.69, 9.17) is 16.3 Å². The number of ether oxygens (including phenoxy) is 1. The summed E-state index contributed by atoms with van der Waals surface area (Å²) in [5.74, 6) is 0.933. The zero-order valence-corrected chi connectivity index (χ0v) is 5.48. The third kappa shape index (κ3) is 0.688. The molecule has 1 nitrogen and oxygen atoms in total. The third-order valence-electron chi connectivity index (χ3n) is 1.41. The van der Waals surface area contributed by atoms with E-state index in [-0.39, 0.29) is 0 Å². The van der Waals surface area contributed by atoms with E-state index in [9.17, 15) is 0 Å². The largest absolute Gasteiger partial charge is 0.488 e. The zero-order chi connectivity index (χ0) is 6.27. The van der Waals surface area contributed by atoms with E-state index >= 15 is 0 Å². The van der Waals surface area contributed by atoms with Gasteiger partial charge in [-0.25, -0.2) is 0 Å². The fourth-order valence-electron chi connectivity index (χ4n) is 0.857. The van der Waals surface area contributed by atoms with Crippen LogP contribution < -0.4 is 4.74 Å². The second-order valence-electron chi connectivity index (χ2n) is 2.04. The first-order valence-electron chi connectivity index (χ1n) is 2.77.